The van der Waals surface area contributed by atoms with E-state index in [4.69, 9.17) is 4.74 Å². The maximum Gasteiger partial charge on any atom is 0.234 e. The number of hydrogen-bond acceptors (Lipinski definition) is 5. The molecule has 0 fully saturated rings. The van der Waals surface area contributed by atoms with Crippen LogP contribution in [0.1, 0.15) is 12.5 Å². The molecule has 144 valence electrons. The van der Waals surface area contributed by atoms with Crippen LogP contribution in [0.3, 0.4) is 0 Å². The third-order valence-electron chi connectivity index (χ3n) is 3.91. The summed E-state index contributed by atoms with van der Waals surface area (Å²) in [7, 11) is 0. The van der Waals surface area contributed by atoms with Crippen molar-refractivity contribution in [2.45, 2.75) is 18.9 Å². The largest absolute Gasteiger partial charge is 0.494 e. The third-order valence-corrected chi connectivity index (χ3v) is 4.83. The van der Waals surface area contributed by atoms with Crippen molar-refractivity contribution >= 4 is 23.4 Å². The maximum atomic E-state index is 13.5. The smallest absolute Gasteiger partial charge is 0.234 e. The van der Waals surface area contributed by atoms with E-state index in [9.17, 15) is 9.18 Å². The van der Waals surface area contributed by atoms with Crippen molar-refractivity contribution in [1.82, 2.24) is 10.2 Å². The molecule has 0 bridgehead atoms. The lowest BCUT2D eigenvalue weighted by molar-refractivity contribution is -0.113. The van der Waals surface area contributed by atoms with E-state index in [1.807, 2.05) is 43.3 Å². The van der Waals surface area contributed by atoms with Gasteiger partial charge in [0.15, 0.2) is 0 Å². The van der Waals surface area contributed by atoms with Crippen molar-refractivity contribution in [3.63, 3.8) is 0 Å². The minimum absolute atomic E-state index is 0.159. The minimum Gasteiger partial charge on any atom is -0.494 e. The second-order valence-electron chi connectivity index (χ2n) is 6.02. The van der Waals surface area contributed by atoms with Crippen LogP contribution in [0, 0.1) is 12.7 Å². The fourth-order valence-corrected chi connectivity index (χ4v) is 3.06. The van der Waals surface area contributed by atoms with Crippen LogP contribution in [-0.4, -0.2) is 28.5 Å². The normalized spacial score (nSPS) is 10.5. The van der Waals surface area contributed by atoms with Crippen molar-refractivity contribution in [3.8, 4) is 17.0 Å². The number of nitrogens with one attached hydrogen (secondary N) is 1. The Kier molecular flexibility index (Phi) is 6.60. The van der Waals surface area contributed by atoms with E-state index in [-0.39, 0.29) is 17.5 Å². The molecule has 0 aliphatic heterocycles. The molecule has 1 aromatic heterocycles. The van der Waals surface area contributed by atoms with Gasteiger partial charge in [-0.05, 0) is 67.9 Å². The fraction of sp³-hybridized carbons (Fsp3) is 0.190. The number of benzene rings is 2. The Morgan fingerprint density at radius 2 is 1.89 bits per heavy atom. The molecule has 1 N–H and O–H groups in total. The average molecular weight is 397 g/mol. The van der Waals surface area contributed by atoms with Crippen LogP contribution in [0.15, 0.2) is 59.6 Å². The molecule has 3 rings (SSSR count). The van der Waals surface area contributed by atoms with Crippen LogP contribution in [-0.2, 0) is 4.79 Å². The Hall–Kier alpha value is -2.93. The van der Waals surface area contributed by atoms with Crippen molar-refractivity contribution in [1.29, 1.82) is 0 Å². The van der Waals surface area contributed by atoms with Crippen LogP contribution < -0.4 is 10.1 Å². The fourth-order valence-electron chi connectivity index (χ4n) is 2.45. The monoisotopic (exact) mass is 397 g/mol. The first-order valence-electron chi connectivity index (χ1n) is 8.81. The van der Waals surface area contributed by atoms with Gasteiger partial charge in [-0.3, -0.25) is 4.79 Å². The molecule has 0 spiro atoms. The van der Waals surface area contributed by atoms with Gasteiger partial charge in [-0.25, -0.2) is 4.39 Å². The molecule has 0 saturated carbocycles. The number of anilines is 1. The van der Waals surface area contributed by atoms with Crippen molar-refractivity contribution in [2.24, 2.45) is 0 Å². The van der Waals surface area contributed by atoms with Gasteiger partial charge >= 0.3 is 0 Å². The Morgan fingerprint density at radius 1 is 1.11 bits per heavy atom. The number of hydrogen-bond donors (Lipinski definition) is 1. The SMILES string of the molecule is CCOc1ccc(-c2ccc(SCC(=O)Nc3ccc(C)c(F)c3)nn2)cc1. The van der Waals surface area contributed by atoms with Gasteiger partial charge in [0.05, 0.1) is 18.1 Å². The number of ether oxygens (including phenoxy) is 1. The maximum absolute atomic E-state index is 13.5. The zero-order valence-corrected chi connectivity index (χ0v) is 16.4. The van der Waals surface area contributed by atoms with E-state index in [1.165, 1.54) is 17.8 Å². The van der Waals surface area contributed by atoms with Gasteiger partial charge in [0.25, 0.3) is 0 Å². The second kappa shape index (κ2) is 9.32. The summed E-state index contributed by atoms with van der Waals surface area (Å²) in [5.74, 6) is 0.393. The molecule has 0 unspecified atom stereocenters. The number of thioether (sulfide) groups is 1. The summed E-state index contributed by atoms with van der Waals surface area (Å²) in [6.45, 7) is 4.24. The Labute approximate surface area is 167 Å². The van der Waals surface area contributed by atoms with E-state index in [1.54, 1.807) is 19.1 Å². The van der Waals surface area contributed by atoms with E-state index in [2.05, 4.69) is 15.5 Å². The highest BCUT2D eigenvalue weighted by atomic mass is 32.2. The molecule has 3 aromatic rings. The predicted octanol–water partition coefficient (Wildman–Crippen LogP) is 4.72. The minimum atomic E-state index is -0.346. The van der Waals surface area contributed by atoms with E-state index in [0.29, 0.717) is 22.9 Å². The molecule has 1 amide bonds. The number of carbonyl (C=O) groups is 1. The van der Waals surface area contributed by atoms with Gasteiger partial charge in [0, 0.05) is 11.3 Å². The molecule has 2 aromatic carbocycles. The Bertz CT molecular complexity index is 947. The zero-order chi connectivity index (χ0) is 19.9. The van der Waals surface area contributed by atoms with Crippen LogP contribution in [0.4, 0.5) is 10.1 Å². The van der Waals surface area contributed by atoms with Gasteiger partial charge < -0.3 is 10.1 Å². The van der Waals surface area contributed by atoms with Crippen LogP contribution in [0.2, 0.25) is 0 Å². The molecule has 0 aliphatic carbocycles. The molecule has 0 atom stereocenters. The second-order valence-corrected chi connectivity index (χ2v) is 7.01. The van der Waals surface area contributed by atoms with Crippen LogP contribution in [0.5, 0.6) is 5.75 Å². The first kappa shape index (κ1) is 19.8. The number of nitrogens with zero attached hydrogens (tertiary/aromatic N) is 2. The molecule has 28 heavy (non-hydrogen) atoms. The van der Waals surface area contributed by atoms with Crippen molar-refractivity contribution in [3.05, 3.63) is 66.0 Å². The number of amides is 1. The summed E-state index contributed by atoms with van der Waals surface area (Å²) in [6.07, 6.45) is 0. The molecular weight excluding hydrogens is 377 g/mol. The van der Waals surface area contributed by atoms with Crippen LogP contribution >= 0.6 is 11.8 Å². The zero-order valence-electron chi connectivity index (χ0n) is 15.6. The molecule has 0 saturated heterocycles. The van der Waals surface area contributed by atoms with Gasteiger partial charge in [-0.15, -0.1) is 10.2 Å². The number of halogens is 1. The topological polar surface area (TPSA) is 64.1 Å². The molecule has 1 heterocycles. The van der Waals surface area contributed by atoms with E-state index >= 15 is 0 Å². The first-order chi connectivity index (χ1) is 13.5. The summed E-state index contributed by atoms with van der Waals surface area (Å²) in [5.41, 5.74) is 2.65. The summed E-state index contributed by atoms with van der Waals surface area (Å²) in [5, 5.41) is 11.7. The van der Waals surface area contributed by atoms with E-state index in [0.717, 1.165) is 17.0 Å². The summed E-state index contributed by atoms with van der Waals surface area (Å²) in [4.78, 5) is 12.0. The van der Waals surface area contributed by atoms with E-state index < -0.39 is 0 Å². The predicted molar refractivity (Wildman–Crippen MR) is 109 cm³/mol. The van der Waals surface area contributed by atoms with Crippen LogP contribution in [0.25, 0.3) is 11.3 Å². The summed E-state index contributed by atoms with van der Waals surface area (Å²) in [6, 6.07) is 15.9. The Morgan fingerprint density at radius 3 is 2.54 bits per heavy atom. The summed E-state index contributed by atoms with van der Waals surface area (Å²) < 4.78 is 19.0. The lowest BCUT2D eigenvalue weighted by Gasteiger charge is -2.07. The molecule has 7 heteroatoms. The highest BCUT2D eigenvalue weighted by Crippen LogP contribution is 2.22. The third kappa shape index (κ3) is 5.29. The number of carbonyl (C=O) groups excluding carboxylic acids is 1. The molecule has 0 radical (unpaired) electrons. The molecule has 0 aliphatic rings. The van der Waals surface area contributed by atoms with Gasteiger partial charge in [-0.1, -0.05) is 17.8 Å². The Balaban J connectivity index is 1.55. The van der Waals surface area contributed by atoms with Gasteiger partial charge in [0.2, 0.25) is 5.91 Å². The first-order valence-corrected chi connectivity index (χ1v) is 9.79. The van der Waals surface area contributed by atoms with Gasteiger partial charge in [0.1, 0.15) is 16.6 Å². The highest BCUT2D eigenvalue weighted by molar-refractivity contribution is 7.99. The lowest BCUT2D eigenvalue weighted by atomic mass is 10.1. The van der Waals surface area contributed by atoms with Crippen molar-refractivity contribution < 1.29 is 13.9 Å². The number of aryl methyl sites for hydroxylation is 1. The number of rotatable bonds is 7. The highest BCUT2D eigenvalue weighted by Gasteiger charge is 2.08. The van der Waals surface area contributed by atoms with Crippen molar-refractivity contribution in [2.75, 3.05) is 17.7 Å². The molecule has 5 nitrogen and oxygen atoms in total. The number of aromatic nitrogens is 2. The molecular formula is C21H20FN3O2S. The standard InChI is InChI=1S/C21H20FN3O2S/c1-3-27-17-8-5-15(6-9-17)19-10-11-21(25-24-19)28-13-20(26)23-16-7-4-14(2)18(22)12-16/h4-12H,3,13H2,1-2H3,(H,23,26). The van der Waals surface area contributed by atoms with Gasteiger partial charge in [-0.2, -0.15) is 0 Å². The average Bonchev–Trinajstić information content (AvgIpc) is 2.70. The quantitative estimate of drug-likeness (QED) is 0.585. The summed E-state index contributed by atoms with van der Waals surface area (Å²) >= 11 is 1.27. The lowest BCUT2D eigenvalue weighted by Crippen LogP contribution is -2.14.